The zero-order chi connectivity index (χ0) is 53.3. The molecule has 5 aromatic carbocycles. The second-order valence-corrected chi connectivity index (χ2v) is 19.0. The van der Waals surface area contributed by atoms with Crippen molar-refractivity contribution < 1.29 is 38.4 Å². The summed E-state index contributed by atoms with van der Waals surface area (Å²) in [6.45, 7) is -0.0361. The molecular formula is C54H38N16O8. The van der Waals surface area contributed by atoms with Gasteiger partial charge in [-0.25, -0.2) is 18.7 Å². The fraction of sp³-hybridized carbons (Fsp3) is 0.148. The molecule has 8 amide bonds. The van der Waals surface area contributed by atoms with E-state index in [1.807, 2.05) is 12.1 Å². The highest BCUT2D eigenvalue weighted by molar-refractivity contribution is 6.23. The molecule has 0 unspecified atom stereocenters. The number of rotatable bonds is 16. The van der Waals surface area contributed by atoms with Gasteiger partial charge in [-0.2, -0.15) is 0 Å². The Hall–Kier alpha value is -10.8. The van der Waals surface area contributed by atoms with Gasteiger partial charge >= 0.3 is 0 Å². The molecule has 4 aliphatic heterocycles. The van der Waals surface area contributed by atoms with Crippen LogP contribution in [0.3, 0.4) is 0 Å². The van der Waals surface area contributed by atoms with Crippen molar-refractivity contribution in [2.75, 3.05) is 0 Å². The molecule has 9 aromatic rings. The van der Waals surface area contributed by atoms with Crippen molar-refractivity contribution in [1.29, 1.82) is 0 Å². The van der Waals surface area contributed by atoms with E-state index in [1.54, 1.807) is 141 Å². The second-order valence-electron chi connectivity index (χ2n) is 19.0. The topological polar surface area (TPSA) is 272 Å². The lowest BCUT2D eigenvalue weighted by atomic mass is 9.97. The molecule has 0 aliphatic carbocycles. The monoisotopic (exact) mass is 1040 g/mol. The summed E-state index contributed by atoms with van der Waals surface area (Å²) >= 11 is 0. The number of carbonyl (C=O) groups excluding carboxylic acids is 8. The molecule has 0 bridgehead atoms. The standard InChI is InChI=1S/C54H38N16O8/c71-47-39-9-1-2-10-40(39)48(72)67(47)27-35-23-63(59-55-35)19-31-17-33(21-65-25-37(57-61-65)29-69-51(75)43-13-5-6-14-44(43)52(69)76)34(22-66-26-38(58-62-66)30-70-53(77)45-15-7-8-16-46(45)54(70)78)18-32(31)20-64-24-36(56-60-64)28-68-49(73)41-11-3-4-12-42(41)50(68)74/h1-18,23-26H,19-22,27-30H2. The Morgan fingerprint density at radius 1 is 0.256 bits per heavy atom. The van der Waals surface area contributed by atoms with Gasteiger partial charge in [0.2, 0.25) is 0 Å². The maximum absolute atomic E-state index is 13.3. The smallest absolute Gasteiger partial charge is 0.261 e. The molecule has 0 N–H and O–H groups in total. The van der Waals surface area contributed by atoms with Gasteiger partial charge in [-0.05, 0) is 70.8 Å². The molecule has 24 nitrogen and oxygen atoms in total. The lowest BCUT2D eigenvalue weighted by molar-refractivity contribution is 0.0625. The van der Waals surface area contributed by atoms with Crippen LogP contribution in [0.5, 0.6) is 0 Å². The Bertz CT molecular complexity index is 3420. The number of hydrogen-bond donors (Lipinski definition) is 0. The quantitative estimate of drug-likeness (QED) is 0.125. The molecule has 8 heterocycles. The van der Waals surface area contributed by atoms with E-state index >= 15 is 0 Å². The molecule has 0 spiro atoms. The van der Waals surface area contributed by atoms with E-state index in [9.17, 15) is 38.4 Å². The molecular weight excluding hydrogens is 1000 g/mol. The Morgan fingerprint density at radius 3 is 0.615 bits per heavy atom. The summed E-state index contributed by atoms with van der Waals surface area (Å²) in [5, 5.41) is 34.9. The second kappa shape index (κ2) is 18.6. The minimum absolute atomic E-state index is 0.116. The van der Waals surface area contributed by atoms with Crippen molar-refractivity contribution in [3.8, 4) is 0 Å². The molecule has 13 rings (SSSR count). The van der Waals surface area contributed by atoms with E-state index in [4.69, 9.17) is 0 Å². The SMILES string of the molecule is O=C1c2ccccc2C(=O)N1Cc1cn(Cc2cc(Cn3cc(CN4C(=O)c5ccccc5C4=O)nn3)c(Cn3cc(CN4C(=O)c5ccccc5C4=O)nn3)cc2Cn2cc(CN3C(=O)c4ccccc4C3=O)nn2)nn1. The third-order valence-electron chi connectivity index (χ3n) is 14.0. The molecule has 4 aliphatic rings. The number of imide groups is 4. The summed E-state index contributed by atoms with van der Waals surface area (Å²) in [7, 11) is 0. The van der Waals surface area contributed by atoms with Crippen LogP contribution >= 0.6 is 0 Å². The summed E-state index contributed by atoms with van der Waals surface area (Å²) in [5.74, 6) is -3.51. The van der Waals surface area contributed by atoms with Gasteiger partial charge in [-0.3, -0.25) is 58.0 Å². The van der Waals surface area contributed by atoms with Crippen LogP contribution in [0.2, 0.25) is 0 Å². The van der Waals surface area contributed by atoms with E-state index < -0.39 is 47.3 Å². The van der Waals surface area contributed by atoms with Crippen LogP contribution in [-0.2, 0) is 52.4 Å². The predicted octanol–water partition coefficient (Wildman–Crippen LogP) is 3.43. The first kappa shape index (κ1) is 47.0. The third kappa shape index (κ3) is 8.19. The zero-order valence-electron chi connectivity index (χ0n) is 40.8. The Labute approximate surface area is 439 Å². The van der Waals surface area contributed by atoms with Crippen molar-refractivity contribution in [2.45, 2.75) is 52.4 Å². The number of amides is 8. The molecule has 78 heavy (non-hydrogen) atoms. The van der Waals surface area contributed by atoms with Crippen LogP contribution in [0.25, 0.3) is 0 Å². The number of aromatic nitrogens is 12. The van der Waals surface area contributed by atoms with Crippen molar-refractivity contribution in [3.63, 3.8) is 0 Å². The van der Waals surface area contributed by atoms with Crippen LogP contribution < -0.4 is 0 Å². The Balaban J connectivity index is 0.832. The third-order valence-corrected chi connectivity index (χ3v) is 14.0. The maximum atomic E-state index is 13.3. The van der Waals surface area contributed by atoms with Gasteiger partial charge in [0.05, 0.1) is 122 Å². The number of carbonyl (C=O) groups is 8. The minimum atomic E-state index is -0.439. The number of fused-ring (bicyclic) bond motifs is 4. The highest BCUT2D eigenvalue weighted by Gasteiger charge is 2.39. The lowest BCUT2D eigenvalue weighted by Crippen LogP contribution is -2.29. The first-order chi connectivity index (χ1) is 37.9. The van der Waals surface area contributed by atoms with Crippen molar-refractivity contribution in [1.82, 2.24) is 79.6 Å². The Morgan fingerprint density at radius 2 is 0.436 bits per heavy atom. The number of nitrogens with zero attached hydrogens (tertiary/aromatic N) is 16. The predicted molar refractivity (Wildman–Crippen MR) is 266 cm³/mol. The van der Waals surface area contributed by atoms with Crippen molar-refractivity contribution in [3.05, 3.63) is 224 Å². The van der Waals surface area contributed by atoms with Gasteiger partial charge in [0, 0.05) is 0 Å². The van der Waals surface area contributed by atoms with E-state index in [1.165, 1.54) is 0 Å². The molecule has 382 valence electrons. The molecule has 24 heteroatoms. The van der Waals surface area contributed by atoms with Gasteiger partial charge < -0.3 is 0 Å². The molecule has 4 aromatic heterocycles. The average Bonchev–Trinajstić information content (AvgIpc) is 4.45. The van der Waals surface area contributed by atoms with Gasteiger partial charge in [0.1, 0.15) is 22.8 Å². The van der Waals surface area contributed by atoms with Crippen molar-refractivity contribution in [2.24, 2.45) is 0 Å². The summed E-state index contributed by atoms with van der Waals surface area (Å²) in [6, 6.07) is 30.3. The summed E-state index contributed by atoms with van der Waals surface area (Å²) in [5.41, 5.74) is 6.70. The van der Waals surface area contributed by atoms with Gasteiger partial charge in [0.25, 0.3) is 47.3 Å². The van der Waals surface area contributed by atoms with Gasteiger partial charge in [-0.15, -0.1) is 20.4 Å². The molecule has 0 saturated carbocycles. The summed E-state index contributed by atoms with van der Waals surface area (Å²) in [4.78, 5) is 111. The fourth-order valence-corrected chi connectivity index (χ4v) is 10.2. The van der Waals surface area contributed by atoms with Crippen LogP contribution in [-0.4, -0.2) is 127 Å². The largest absolute Gasteiger partial charge is 0.269 e. The maximum Gasteiger partial charge on any atom is 0.261 e. The minimum Gasteiger partial charge on any atom is -0.269 e. The number of hydrogen-bond acceptors (Lipinski definition) is 16. The first-order valence-corrected chi connectivity index (χ1v) is 24.4. The Kier molecular flexibility index (Phi) is 11.2. The molecule has 0 fully saturated rings. The van der Waals surface area contributed by atoms with E-state index in [-0.39, 0.29) is 52.4 Å². The highest BCUT2D eigenvalue weighted by Crippen LogP contribution is 2.29. The lowest BCUT2D eigenvalue weighted by Gasteiger charge is -2.17. The number of benzene rings is 5. The average molecular weight is 1040 g/mol. The van der Waals surface area contributed by atoms with Gasteiger partial charge in [0.15, 0.2) is 0 Å². The van der Waals surface area contributed by atoms with Crippen molar-refractivity contribution >= 4 is 47.3 Å². The van der Waals surface area contributed by atoms with Crippen LogP contribution in [0.4, 0.5) is 0 Å². The van der Waals surface area contributed by atoms with Crippen LogP contribution in [0.1, 0.15) is 128 Å². The van der Waals surface area contributed by atoms with E-state index in [2.05, 4.69) is 41.2 Å². The fourth-order valence-electron chi connectivity index (χ4n) is 10.2. The molecule has 0 saturated heterocycles. The van der Waals surface area contributed by atoms with E-state index in [0.717, 1.165) is 19.6 Å². The molecule has 0 atom stereocenters. The normalized spacial score (nSPS) is 14.7. The highest BCUT2D eigenvalue weighted by atomic mass is 16.2. The van der Waals surface area contributed by atoms with E-state index in [0.29, 0.717) is 89.5 Å². The van der Waals surface area contributed by atoms with Crippen LogP contribution in [0, 0.1) is 0 Å². The van der Waals surface area contributed by atoms with Crippen LogP contribution in [0.15, 0.2) is 134 Å². The summed E-state index contributed by atoms with van der Waals surface area (Å²) in [6.07, 6.45) is 6.57. The zero-order valence-corrected chi connectivity index (χ0v) is 40.8. The van der Waals surface area contributed by atoms with Gasteiger partial charge in [-0.1, -0.05) is 81.5 Å². The first-order valence-electron chi connectivity index (χ1n) is 24.4. The molecule has 0 radical (unpaired) electrons. The summed E-state index contributed by atoms with van der Waals surface area (Å²) < 4.78 is 6.29.